The molecule has 1 aromatic carbocycles. The Balaban J connectivity index is 1.62. The van der Waals surface area contributed by atoms with Crippen LogP contribution < -0.4 is 10.1 Å². The zero-order valence-electron chi connectivity index (χ0n) is 12.7. The SMILES string of the molecule is COc1nc(C2=NOCC(c3nc4ccccc4o3)N2)ccc1Br. The lowest BCUT2D eigenvalue weighted by Crippen LogP contribution is -2.36. The van der Waals surface area contributed by atoms with E-state index in [-0.39, 0.29) is 6.04 Å². The number of oxime groups is 1. The van der Waals surface area contributed by atoms with Crippen molar-refractivity contribution in [2.45, 2.75) is 6.04 Å². The number of nitrogens with zero attached hydrogens (tertiary/aromatic N) is 3. The molecule has 0 bridgehead atoms. The van der Waals surface area contributed by atoms with Gasteiger partial charge in [0.15, 0.2) is 11.4 Å². The van der Waals surface area contributed by atoms with Crippen LogP contribution in [-0.4, -0.2) is 29.5 Å². The molecule has 0 saturated carbocycles. The van der Waals surface area contributed by atoms with Gasteiger partial charge in [0.25, 0.3) is 0 Å². The molecule has 1 N–H and O–H groups in total. The molecule has 4 rings (SSSR count). The second kappa shape index (κ2) is 6.12. The van der Waals surface area contributed by atoms with E-state index in [9.17, 15) is 0 Å². The van der Waals surface area contributed by atoms with Gasteiger partial charge in [-0.2, -0.15) is 0 Å². The lowest BCUT2D eigenvalue weighted by atomic mass is 10.2. The molecular weight excluding hydrogens is 376 g/mol. The molecule has 1 aliphatic rings. The number of aromatic nitrogens is 2. The molecule has 3 aromatic rings. The number of benzene rings is 1. The van der Waals surface area contributed by atoms with Crippen LogP contribution in [0.25, 0.3) is 11.1 Å². The maximum absolute atomic E-state index is 5.79. The summed E-state index contributed by atoms with van der Waals surface area (Å²) in [6, 6.07) is 11.0. The Hall–Kier alpha value is -2.61. The van der Waals surface area contributed by atoms with Gasteiger partial charge in [-0.25, -0.2) is 9.97 Å². The van der Waals surface area contributed by atoms with Gasteiger partial charge in [0, 0.05) is 0 Å². The van der Waals surface area contributed by atoms with Crippen LogP contribution in [0.1, 0.15) is 17.6 Å². The molecule has 0 aliphatic carbocycles. The highest BCUT2D eigenvalue weighted by Gasteiger charge is 2.25. The first-order chi connectivity index (χ1) is 11.7. The number of para-hydroxylation sites is 2. The molecule has 7 nitrogen and oxygen atoms in total. The lowest BCUT2D eigenvalue weighted by molar-refractivity contribution is 0.101. The van der Waals surface area contributed by atoms with Gasteiger partial charge in [-0.05, 0) is 40.2 Å². The molecular formula is C16H13BrN4O3. The van der Waals surface area contributed by atoms with E-state index in [1.165, 1.54) is 0 Å². The van der Waals surface area contributed by atoms with Crippen molar-refractivity contribution in [3.63, 3.8) is 0 Å². The molecule has 2 aromatic heterocycles. The van der Waals surface area contributed by atoms with Crippen LogP contribution in [0.4, 0.5) is 0 Å². The third-order valence-electron chi connectivity index (χ3n) is 3.57. The monoisotopic (exact) mass is 388 g/mol. The van der Waals surface area contributed by atoms with Crippen molar-refractivity contribution in [1.82, 2.24) is 15.3 Å². The van der Waals surface area contributed by atoms with E-state index in [4.69, 9.17) is 14.0 Å². The first-order valence-corrected chi connectivity index (χ1v) is 8.07. The van der Waals surface area contributed by atoms with Gasteiger partial charge in [0.2, 0.25) is 11.8 Å². The molecule has 0 saturated heterocycles. The highest BCUT2D eigenvalue weighted by atomic mass is 79.9. The predicted molar refractivity (Wildman–Crippen MR) is 90.9 cm³/mol. The second-order valence-corrected chi connectivity index (χ2v) is 5.99. The highest BCUT2D eigenvalue weighted by molar-refractivity contribution is 9.10. The summed E-state index contributed by atoms with van der Waals surface area (Å²) in [6.07, 6.45) is 0. The topological polar surface area (TPSA) is 81.8 Å². The van der Waals surface area contributed by atoms with Crippen molar-refractivity contribution < 1.29 is 14.0 Å². The average Bonchev–Trinajstić information content (AvgIpc) is 3.06. The zero-order valence-corrected chi connectivity index (χ0v) is 14.3. The molecule has 0 radical (unpaired) electrons. The minimum atomic E-state index is -0.249. The Bertz CT molecular complexity index is 892. The fourth-order valence-corrected chi connectivity index (χ4v) is 2.78. The summed E-state index contributed by atoms with van der Waals surface area (Å²) in [5.41, 5.74) is 2.15. The maximum atomic E-state index is 5.79. The average molecular weight is 389 g/mol. The van der Waals surface area contributed by atoms with Crippen molar-refractivity contribution >= 4 is 32.9 Å². The van der Waals surface area contributed by atoms with Crippen LogP contribution in [0.15, 0.2) is 50.4 Å². The number of nitrogens with one attached hydrogen (secondary N) is 1. The zero-order chi connectivity index (χ0) is 16.5. The van der Waals surface area contributed by atoms with E-state index < -0.39 is 0 Å². The summed E-state index contributed by atoms with van der Waals surface area (Å²) in [5.74, 6) is 1.52. The summed E-state index contributed by atoms with van der Waals surface area (Å²) in [6.45, 7) is 0.323. The standard InChI is InChI=1S/C16H13BrN4O3/c1-22-15-9(17)6-7-11(20-15)14-18-12(8-23-21-14)16-19-10-4-2-3-5-13(10)24-16/h2-7,12H,8H2,1H3,(H,18,21). The first kappa shape index (κ1) is 14.9. The van der Waals surface area contributed by atoms with Gasteiger partial charge in [-0.3, -0.25) is 0 Å². The molecule has 122 valence electrons. The maximum Gasteiger partial charge on any atom is 0.228 e. The van der Waals surface area contributed by atoms with Gasteiger partial charge >= 0.3 is 0 Å². The minimum absolute atomic E-state index is 0.249. The van der Waals surface area contributed by atoms with Gasteiger partial charge < -0.3 is 19.3 Å². The molecule has 1 aliphatic heterocycles. The van der Waals surface area contributed by atoms with E-state index in [0.29, 0.717) is 29.9 Å². The number of hydrogen-bond acceptors (Lipinski definition) is 7. The van der Waals surface area contributed by atoms with Gasteiger partial charge in [-0.15, -0.1) is 0 Å². The van der Waals surface area contributed by atoms with Crippen LogP contribution in [0.2, 0.25) is 0 Å². The number of rotatable bonds is 3. The molecule has 8 heteroatoms. The van der Waals surface area contributed by atoms with Crippen molar-refractivity contribution in [2.75, 3.05) is 13.7 Å². The fraction of sp³-hybridized carbons (Fsp3) is 0.188. The van der Waals surface area contributed by atoms with Crippen LogP contribution >= 0.6 is 15.9 Å². The van der Waals surface area contributed by atoms with Gasteiger partial charge in [0.05, 0.1) is 11.6 Å². The normalized spacial score (nSPS) is 17.1. The van der Waals surface area contributed by atoms with Crippen LogP contribution in [0.5, 0.6) is 5.88 Å². The van der Waals surface area contributed by atoms with Gasteiger partial charge in [-0.1, -0.05) is 17.3 Å². The smallest absolute Gasteiger partial charge is 0.228 e. The molecule has 1 atom stereocenters. The summed E-state index contributed by atoms with van der Waals surface area (Å²) in [7, 11) is 1.56. The molecule has 0 fully saturated rings. The number of amidine groups is 1. The van der Waals surface area contributed by atoms with Crippen LogP contribution in [0.3, 0.4) is 0 Å². The van der Waals surface area contributed by atoms with Gasteiger partial charge in [0.1, 0.15) is 23.9 Å². The largest absolute Gasteiger partial charge is 0.480 e. The van der Waals surface area contributed by atoms with Crippen molar-refractivity contribution in [1.29, 1.82) is 0 Å². The van der Waals surface area contributed by atoms with E-state index in [0.717, 1.165) is 15.6 Å². The van der Waals surface area contributed by atoms with E-state index in [1.807, 2.05) is 36.4 Å². The van der Waals surface area contributed by atoms with Crippen molar-refractivity contribution in [3.05, 3.63) is 52.5 Å². The Kier molecular flexibility index (Phi) is 3.81. The highest BCUT2D eigenvalue weighted by Crippen LogP contribution is 2.25. The third kappa shape index (κ3) is 2.69. The molecule has 1 unspecified atom stereocenters. The summed E-state index contributed by atoms with van der Waals surface area (Å²) < 4.78 is 11.8. The Morgan fingerprint density at radius 2 is 2.08 bits per heavy atom. The third-order valence-corrected chi connectivity index (χ3v) is 4.17. The summed E-state index contributed by atoms with van der Waals surface area (Å²) in [5, 5.41) is 7.29. The van der Waals surface area contributed by atoms with E-state index in [2.05, 4.69) is 36.4 Å². The number of pyridine rings is 1. The first-order valence-electron chi connectivity index (χ1n) is 7.27. The molecule has 24 heavy (non-hydrogen) atoms. The van der Waals surface area contributed by atoms with E-state index >= 15 is 0 Å². The Morgan fingerprint density at radius 1 is 1.21 bits per heavy atom. The number of ether oxygens (including phenoxy) is 1. The second-order valence-electron chi connectivity index (χ2n) is 5.14. The predicted octanol–water partition coefficient (Wildman–Crippen LogP) is 3.02. The van der Waals surface area contributed by atoms with Crippen molar-refractivity contribution in [2.24, 2.45) is 5.16 Å². The quantitative estimate of drug-likeness (QED) is 0.742. The number of fused-ring (bicyclic) bond motifs is 1. The van der Waals surface area contributed by atoms with Crippen molar-refractivity contribution in [3.8, 4) is 5.88 Å². The number of methoxy groups -OCH3 is 1. The number of oxazole rings is 1. The molecule has 0 spiro atoms. The Labute approximate surface area is 145 Å². The van der Waals surface area contributed by atoms with Crippen LogP contribution in [-0.2, 0) is 4.84 Å². The van der Waals surface area contributed by atoms with E-state index in [1.54, 1.807) is 7.11 Å². The fourth-order valence-electron chi connectivity index (χ4n) is 2.40. The summed E-state index contributed by atoms with van der Waals surface area (Å²) in [4.78, 5) is 14.2. The molecule has 0 amide bonds. The minimum Gasteiger partial charge on any atom is -0.480 e. The number of hydrogen-bond donors (Lipinski definition) is 1. The number of halogens is 1. The van der Waals surface area contributed by atoms with Crippen LogP contribution in [0, 0.1) is 0 Å². The summed E-state index contributed by atoms with van der Waals surface area (Å²) >= 11 is 3.38. The Morgan fingerprint density at radius 3 is 2.92 bits per heavy atom. The molecule has 3 heterocycles. The lowest BCUT2D eigenvalue weighted by Gasteiger charge is -2.21.